The number of morpholine rings is 1. The third-order valence-corrected chi connectivity index (χ3v) is 7.74. The van der Waals surface area contributed by atoms with Crippen LogP contribution in [0.4, 0.5) is 0 Å². The molecule has 1 N–H and O–H groups in total. The Labute approximate surface area is 168 Å². The summed E-state index contributed by atoms with van der Waals surface area (Å²) in [5.74, 6) is 2.19. The van der Waals surface area contributed by atoms with Crippen LogP contribution in [-0.4, -0.2) is 73.3 Å². The molecular formula is C19H27N3O3S2. The Bertz CT molecular complexity index is 664. The first kappa shape index (κ1) is 19.2. The number of nitrogens with one attached hydrogen (secondary N) is 1. The fourth-order valence-corrected chi connectivity index (χ4v) is 6.18. The van der Waals surface area contributed by atoms with Crippen LogP contribution >= 0.6 is 23.1 Å². The van der Waals surface area contributed by atoms with Crippen molar-refractivity contribution < 1.29 is 14.3 Å². The maximum atomic E-state index is 12.5. The Hall–Kier alpha value is -1.09. The Balaban J connectivity index is 1.23. The fourth-order valence-electron chi connectivity index (χ4n) is 3.87. The van der Waals surface area contributed by atoms with Crippen LogP contribution in [0.25, 0.3) is 0 Å². The molecule has 3 aliphatic rings. The number of carbonyl (C=O) groups is 2. The normalized spacial score (nSPS) is 23.5. The van der Waals surface area contributed by atoms with Gasteiger partial charge in [0.15, 0.2) is 0 Å². The van der Waals surface area contributed by atoms with E-state index in [0.717, 1.165) is 45.0 Å². The van der Waals surface area contributed by atoms with Crippen molar-refractivity contribution in [2.24, 2.45) is 5.92 Å². The molecule has 1 aromatic rings. The molecule has 1 atom stereocenters. The summed E-state index contributed by atoms with van der Waals surface area (Å²) < 4.78 is 5.36. The highest BCUT2D eigenvalue weighted by molar-refractivity contribution is 7.98. The van der Waals surface area contributed by atoms with Gasteiger partial charge >= 0.3 is 0 Å². The number of hydrogen-bond donors (Lipinski definition) is 1. The standard InChI is InChI=1S/C19H27N3O3S2/c23-18-10-14(12-22(18)3-2-21-4-6-25-7-5-21)19(24)20-11-16-9-15-13-26-8-1-17(15)27-16/h9,14H,1-8,10-13H2,(H,20,24). The summed E-state index contributed by atoms with van der Waals surface area (Å²) in [7, 11) is 0. The molecule has 0 saturated carbocycles. The highest BCUT2D eigenvalue weighted by Crippen LogP contribution is 2.31. The molecule has 1 unspecified atom stereocenters. The molecule has 0 spiro atoms. The van der Waals surface area contributed by atoms with E-state index in [1.54, 1.807) is 0 Å². The minimum absolute atomic E-state index is 0.0120. The van der Waals surface area contributed by atoms with Crippen molar-refractivity contribution in [3.8, 4) is 0 Å². The molecule has 4 heterocycles. The minimum atomic E-state index is -0.215. The summed E-state index contributed by atoms with van der Waals surface area (Å²) in [6.07, 6.45) is 1.49. The third-order valence-electron chi connectivity index (χ3n) is 5.49. The molecule has 1 aromatic heterocycles. The summed E-state index contributed by atoms with van der Waals surface area (Å²) in [6.45, 7) is 6.09. The summed E-state index contributed by atoms with van der Waals surface area (Å²) in [6, 6.07) is 2.24. The van der Waals surface area contributed by atoms with Gasteiger partial charge in [0.1, 0.15) is 0 Å². The van der Waals surface area contributed by atoms with Crippen molar-refractivity contribution in [2.75, 3.05) is 51.7 Å². The van der Waals surface area contributed by atoms with Crippen LogP contribution < -0.4 is 5.32 Å². The Kier molecular flexibility index (Phi) is 6.37. The summed E-state index contributed by atoms with van der Waals surface area (Å²) in [5.41, 5.74) is 1.44. The average Bonchev–Trinajstić information content (AvgIpc) is 3.28. The molecule has 2 saturated heterocycles. The van der Waals surface area contributed by atoms with Crippen molar-refractivity contribution in [1.29, 1.82) is 0 Å². The predicted octanol–water partition coefficient (Wildman–Crippen LogP) is 1.33. The highest BCUT2D eigenvalue weighted by atomic mass is 32.2. The van der Waals surface area contributed by atoms with E-state index in [0.29, 0.717) is 26.1 Å². The van der Waals surface area contributed by atoms with Gasteiger partial charge in [0, 0.05) is 54.7 Å². The molecule has 2 amide bonds. The van der Waals surface area contributed by atoms with Gasteiger partial charge in [-0.1, -0.05) is 0 Å². The van der Waals surface area contributed by atoms with Gasteiger partial charge in [0.2, 0.25) is 11.8 Å². The maximum absolute atomic E-state index is 12.5. The van der Waals surface area contributed by atoms with Gasteiger partial charge < -0.3 is 15.0 Å². The quantitative estimate of drug-likeness (QED) is 0.768. The van der Waals surface area contributed by atoms with Crippen molar-refractivity contribution in [1.82, 2.24) is 15.1 Å². The number of thioether (sulfide) groups is 1. The number of ether oxygens (including phenoxy) is 1. The molecular weight excluding hydrogens is 382 g/mol. The van der Waals surface area contributed by atoms with E-state index in [4.69, 9.17) is 4.74 Å². The van der Waals surface area contributed by atoms with Gasteiger partial charge in [-0.25, -0.2) is 0 Å². The van der Waals surface area contributed by atoms with Crippen molar-refractivity contribution in [3.63, 3.8) is 0 Å². The van der Waals surface area contributed by atoms with Gasteiger partial charge in [0.05, 0.1) is 25.7 Å². The van der Waals surface area contributed by atoms with Crippen LogP contribution in [0.15, 0.2) is 6.07 Å². The number of rotatable bonds is 6. The van der Waals surface area contributed by atoms with E-state index in [1.807, 2.05) is 28.0 Å². The second kappa shape index (κ2) is 8.94. The van der Waals surface area contributed by atoms with E-state index in [9.17, 15) is 9.59 Å². The summed E-state index contributed by atoms with van der Waals surface area (Å²) >= 11 is 3.80. The van der Waals surface area contributed by atoms with Crippen LogP contribution in [0.2, 0.25) is 0 Å². The van der Waals surface area contributed by atoms with E-state index >= 15 is 0 Å². The molecule has 148 valence electrons. The molecule has 27 heavy (non-hydrogen) atoms. The summed E-state index contributed by atoms with van der Waals surface area (Å²) in [4.78, 5) is 31.7. The molecule has 0 aliphatic carbocycles. The summed E-state index contributed by atoms with van der Waals surface area (Å²) in [5, 5.41) is 3.06. The van der Waals surface area contributed by atoms with Crippen LogP contribution in [-0.2, 0) is 33.0 Å². The van der Waals surface area contributed by atoms with Crippen LogP contribution in [0.3, 0.4) is 0 Å². The molecule has 0 bridgehead atoms. The van der Waals surface area contributed by atoms with Crippen molar-refractivity contribution in [2.45, 2.75) is 25.1 Å². The molecule has 3 aliphatic heterocycles. The van der Waals surface area contributed by atoms with Gasteiger partial charge in [-0.2, -0.15) is 11.8 Å². The molecule has 6 nitrogen and oxygen atoms in total. The van der Waals surface area contributed by atoms with Crippen LogP contribution in [0.1, 0.15) is 21.7 Å². The SMILES string of the molecule is O=C(NCc1cc2c(s1)CCSC2)C1CC(=O)N(CCN2CCOCC2)C1. The van der Waals surface area contributed by atoms with E-state index in [1.165, 1.54) is 21.1 Å². The Morgan fingerprint density at radius 1 is 1.30 bits per heavy atom. The smallest absolute Gasteiger partial charge is 0.225 e. The van der Waals surface area contributed by atoms with Gasteiger partial charge in [-0.15, -0.1) is 11.3 Å². The lowest BCUT2D eigenvalue weighted by Crippen LogP contribution is -2.42. The monoisotopic (exact) mass is 409 g/mol. The number of likely N-dealkylation sites (tertiary alicyclic amines) is 1. The number of amides is 2. The second-order valence-electron chi connectivity index (χ2n) is 7.38. The van der Waals surface area contributed by atoms with Gasteiger partial charge in [0.25, 0.3) is 0 Å². The van der Waals surface area contributed by atoms with E-state index < -0.39 is 0 Å². The zero-order valence-electron chi connectivity index (χ0n) is 15.6. The average molecular weight is 410 g/mol. The first-order chi connectivity index (χ1) is 13.2. The lowest BCUT2D eigenvalue weighted by molar-refractivity contribution is -0.129. The van der Waals surface area contributed by atoms with Crippen LogP contribution in [0, 0.1) is 5.92 Å². The number of carbonyl (C=O) groups excluding carboxylic acids is 2. The lowest BCUT2D eigenvalue weighted by Gasteiger charge is -2.28. The number of aryl methyl sites for hydroxylation is 1. The minimum Gasteiger partial charge on any atom is -0.379 e. The molecule has 0 radical (unpaired) electrons. The number of nitrogens with zero attached hydrogens (tertiary/aromatic N) is 2. The lowest BCUT2D eigenvalue weighted by atomic mass is 10.1. The Morgan fingerprint density at radius 2 is 2.15 bits per heavy atom. The topological polar surface area (TPSA) is 61.9 Å². The highest BCUT2D eigenvalue weighted by Gasteiger charge is 2.34. The van der Waals surface area contributed by atoms with Crippen LogP contribution in [0.5, 0.6) is 0 Å². The molecule has 2 fully saturated rings. The van der Waals surface area contributed by atoms with E-state index in [2.05, 4.69) is 16.3 Å². The zero-order valence-corrected chi connectivity index (χ0v) is 17.2. The first-order valence-electron chi connectivity index (χ1n) is 9.73. The van der Waals surface area contributed by atoms with Crippen molar-refractivity contribution >= 4 is 34.9 Å². The van der Waals surface area contributed by atoms with Gasteiger partial charge in [-0.05, 0) is 23.8 Å². The van der Waals surface area contributed by atoms with Gasteiger partial charge in [-0.3, -0.25) is 14.5 Å². The number of hydrogen-bond acceptors (Lipinski definition) is 6. The maximum Gasteiger partial charge on any atom is 0.225 e. The first-order valence-corrected chi connectivity index (χ1v) is 11.7. The molecule has 4 rings (SSSR count). The number of thiophene rings is 1. The number of fused-ring (bicyclic) bond motifs is 1. The van der Waals surface area contributed by atoms with Crippen molar-refractivity contribution in [3.05, 3.63) is 21.4 Å². The third kappa shape index (κ3) is 4.85. The Morgan fingerprint density at radius 3 is 2.96 bits per heavy atom. The predicted molar refractivity (Wildman–Crippen MR) is 108 cm³/mol. The molecule has 8 heteroatoms. The molecule has 0 aromatic carbocycles. The zero-order chi connectivity index (χ0) is 18.6. The second-order valence-corrected chi connectivity index (χ2v) is 9.70. The largest absolute Gasteiger partial charge is 0.379 e. The fraction of sp³-hybridized carbons (Fsp3) is 0.684. The van der Waals surface area contributed by atoms with E-state index in [-0.39, 0.29) is 17.7 Å².